The maximum atomic E-state index is 6.01. The average molecular weight is 309 g/mol. The molecule has 0 radical (unpaired) electrons. The molecule has 23 heavy (non-hydrogen) atoms. The van der Waals surface area contributed by atoms with Crippen molar-refractivity contribution in [1.29, 1.82) is 0 Å². The van der Waals surface area contributed by atoms with Crippen LogP contribution in [0.25, 0.3) is 0 Å². The second-order valence-corrected chi connectivity index (χ2v) is 5.81. The normalized spacial score (nSPS) is 15.6. The molecule has 1 aliphatic carbocycles. The monoisotopic (exact) mass is 309 g/mol. The molecule has 0 saturated heterocycles. The highest BCUT2D eigenvalue weighted by atomic mass is 16.7. The molecule has 0 unspecified atom stereocenters. The van der Waals surface area contributed by atoms with Crippen LogP contribution in [0.4, 0.5) is 5.69 Å². The number of nitrogens with one attached hydrogen (secondary N) is 1. The lowest BCUT2D eigenvalue weighted by atomic mass is 10.1. The molecule has 0 fully saturated rings. The Morgan fingerprint density at radius 1 is 1.13 bits per heavy atom. The number of hydrogen-bond acceptors (Lipinski definition) is 3. The minimum Gasteiger partial charge on any atom is -0.454 e. The first-order chi connectivity index (χ1) is 11.3. The van der Waals surface area contributed by atoms with Gasteiger partial charge >= 0.3 is 0 Å². The highest BCUT2D eigenvalue weighted by Crippen LogP contribution is 2.35. The van der Waals surface area contributed by atoms with Gasteiger partial charge in [-0.3, -0.25) is 0 Å². The van der Waals surface area contributed by atoms with Crippen LogP contribution >= 0.6 is 0 Å². The molecule has 2 aromatic rings. The van der Waals surface area contributed by atoms with E-state index in [1.807, 2.05) is 18.2 Å². The third-order valence-corrected chi connectivity index (χ3v) is 4.27. The van der Waals surface area contributed by atoms with E-state index in [0.29, 0.717) is 12.5 Å². The largest absolute Gasteiger partial charge is 0.454 e. The van der Waals surface area contributed by atoms with Crippen LogP contribution in [0.3, 0.4) is 0 Å². The number of fused-ring (bicyclic) bond motifs is 2. The van der Waals surface area contributed by atoms with Crippen LogP contribution in [0.2, 0.25) is 0 Å². The van der Waals surface area contributed by atoms with Gasteiger partial charge in [-0.05, 0) is 48.6 Å². The Hall–Kier alpha value is -2.69. The zero-order valence-corrected chi connectivity index (χ0v) is 12.8. The molecular weight excluding hydrogens is 290 g/mol. The van der Waals surface area contributed by atoms with Crippen molar-refractivity contribution < 1.29 is 9.47 Å². The second kappa shape index (κ2) is 5.83. The number of ether oxygens (including phenoxy) is 2. The molecule has 0 atom stereocenters. The van der Waals surface area contributed by atoms with Gasteiger partial charge in [0.2, 0.25) is 6.79 Å². The van der Waals surface area contributed by atoms with Crippen molar-refractivity contribution in [3.8, 4) is 11.5 Å². The van der Waals surface area contributed by atoms with E-state index in [0.717, 1.165) is 29.2 Å². The van der Waals surface area contributed by atoms with Crippen LogP contribution < -0.4 is 20.5 Å². The van der Waals surface area contributed by atoms with Crippen molar-refractivity contribution in [3.63, 3.8) is 0 Å². The third kappa shape index (κ3) is 2.82. The van der Waals surface area contributed by atoms with Crippen molar-refractivity contribution in [2.75, 3.05) is 12.1 Å². The van der Waals surface area contributed by atoms with Gasteiger partial charge < -0.3 is 20.5 Å². The number of nitrogens with zero attached hydrogens (tertiary/aromatic N) is 1. The SMILES string of the molecule is NC(=NCc1cccc2c1OCO2)Nc1ccc2c(c1)CCC2. The van der Waals surface area contributed by atoms with Gasteiger partial charge in [0.15, 0.2) is 17.5 Å². The van der Waals surface area contributed by atoms with E-state index in [1.165, 1.54) is 24.0 Å². The molecule has 0 bridgehead atoms. The number of guanidine groups is 1. The molecule has 1 aliphatic heterocycles. The predicted octanol–water partition coefficient (Wildman–Crippen LogP) is 2.83. The van der Waals surface area contributed by atoms with Crippen molar-refractivity contribution in [2.45, 2.75) is 25.8 Å². The lowest BCUT2D eigenvalue weighted by Crippen LogP contribution is -2.22. The van der Waals surface area contributed by atoms with Crippen LogP contribution in [-0.4, -0.2) is 12.8 Å². The van der Waals surface area contributed by atoms with Gasteiger partial charge in [-0.15, -0.1) is 0 Å². The molecule has 118 valence electrons. The predicted molar refractivity (Wildman–Crippen MR) is 90.0 cm³/mol. The first kappa shape index (κ1) is 13.9. The van der Waals surface area contributed by atoms with Gasteiger partial charge in [-0.1, -0.05) is 18.2 Å². The van der Waals surface area contributed by atoms with E-state index in [1.54, 1.807) is 0 Å². The molecule has 2 aliphatic rings. The van der Waals surface area contributed by atoms with E-state index in [-0.39, 0.29) is 6.79 Å². The lowest BCUT2D eigenvalue weighted by Gasteiger charge is -2.08. The van der Waals surface area contributed by atoms with Gasteiger partial charge in [0.1, 0.15) is 0 Å². The first-order valence-electron chi connectivity index (χ1n) is 7.86. The molecule has 4 rings (SSSR count). The molecular formula is C18H19N3O2. The Morgan fingerprint density at radius 2 is 2.04 bits per heavy atom. The number of aliphatic imine (C=N–C) groups is 1. The molecule has 0 amide bonds. The summed E-state index contributed by atoms with van der Waals surface area (Å²) in [5, 5.41) is 3.17. The summed E-state index contributed by atoms with van der Waals surface area (Å²) in [6.07, 6.45) is 3.57. The van der Waals surface area contributed by atoms with Gasteiger partial charge in [-0.25, -0.2) is 4.99 Å². The molecule has 0 aromatic heterocycles. The van der Waals surface area contributed by atoms with Gasteiger partial charge in [0, 0.05) is 11.3 Å². The number of rotatable bonds is 3. The van der Waals surface area contributed by atoms with Crippen molar-refractivity contribution in [3.05, 3.63) is 53.1 Å². The molecule has 5 nitrogen and oxygen atoms in total. The third-order valence-electron chi connectivity index (χ3n) is 4.27. The van der Waals surface area contributed by atoms with E-state index in [2.05, 4.69) is 28.5 Å². The summed E-state index contributed by atoms with van der Waals surface area (Å²) in [4.78, 5) is 4.41. The quantitative estimate of drug-likeness (QED) is 0.676. The van der Waals surface area contributed by atoms with E-state index in [9.17, 15) is 0 Å². The topological polar surface area (TPSA) is 68.9 Å². The number of anilines is 1. The minimum absolute atomic E-state index is 0.263. The zero-order chi connectivity index (χ0) is 15.6. The summed E-state index contributed by atoms with van der Waals surface area (Å²) >= 11 is 0. The van der Waals surface area contributed by atoms with Crippen molar-refractivity contribution in [2.24, 2.45) is 10.7 Å². The van der Waals surface area contributed by atoms with Crippen molar-refractivity contribution >= 4 is 11.6 Å². The van der Waals surface area contributed by atoms with Crippen LogP contribution in [-0.2, 0) is 19.4 Å². The first-order valence-corrected chi connectivity index (χ1v) is 7.86. The Balaban J connectivity index is 1.46. The van der Waals surface area contributed by atoms with Gasteiger partial charge in [-0.2, -0.15) is 0 Å². The number of para-hydroxylation sites is 1. The average Bonchev–Trinajstić information content (AvgIpc) is 3.21. The zero-order valence-electron chi connectivity index (χ0n) is 12.8. The molecule has 2 aromatic carbocycles. The highest BCUT2D eigenvalue weighted by molar-refractivity contribution is 5.92. The fourth-order valence-corrected chi connectivity index (χ4v) is 3.12. The Kier molecular flexibility index (Phi) is 3.54. The standard InChI is InChI=1S/C18H19N3O2/c19-18(21-15-8-7-12-3-1-4-13(12)9-15)20-10-14-5-2-6-16-17(14)23-11-22-16/h2,5-9H,1,3-4,10-11H2,(H3,19,20,21). The van der Waals surface area contributed by atoms with Crippen molar-refractivity contribution in [1.82, 2.24) is 0 Å². The molecule has 1 heterocycles. The minimum atomic E-state index is 0.263. The van der Waals surface area contributed by atoms with Crippen LogP contribution in [0.5, 0.6) is 11.5 Å². The summed E-state index contributed by atoms with van der Waals surface area (Å²) in [7, 11) is 0. The van der Waals surface area contributed by atoms with E-state index >= 15 is 0 Å². The molecule has 0 saturated carbocycles. The second-order valence-electron chi connectivity index (χ2n) is 5.81. The molecule has 3 N–H and O–H groups in total. The fraction of sp³-hybridized carbons (Fsp3) is 0.278. The number of hydrogen-bond donors (Lipinski definition) is 2. The molecule has 5 heteroatoms. The van der Waals surface area contributed by atoms with Gasteiger partial charge in [0.05, 0.1) is 6.54 Å². The number of aryl methyl sites for hydroxylation is 2. The Morgan fingerprint density at radius 3 is 3.00 bits per heavy atom. The maximum absolute atomic E-state index is 6.01. The fourth-order valence-electron chi connectivity index (χ4n) is 3.12. The Labute approximate surface area is 135 Å². The maximum Gasteiger partial charge on any atom is 0.231 e. The number of benzene rings is 2. The summed E-state index contributed by atoms with van der Waals surface area (Å²) in [6, 6.07) is 12.2. The summed E-state index contributed by atoms with van der Waals surface area (Å²) in [6.45, 7) is 0.717. The van der Waals surface area contributed by atoms with Crippen LogP contribution in [0.1, 0.15) is 23.1 Å². The van der Waals surface area contributed by atoms with E-state index in [4.69, 9.17) is 15.2 Å². The summed E-state index contributed by atoms with van der Waals surface area (Å²) in [5.74, 6) is 1.93. The summed E-state index contributed by atoms with van der Waals surface area (Å²) in [5.41, 5.74) is 10.8. The van der Waals surface area contributed by atoms with Crippen LogP contribution in [0.15, 0.2) is 41.4 Å². The number of nitrogens with two attached hydrogens (primary N) is 1. The van der Waals surface area contributed by atoms with E-state index < -0.39 is 0 Å². The lowest BCUT2D eigenvalue weighted by molar-refractivity contribution is 0.173. The molecule has 0 spiro atoms. The van der Waals surface area contributed by atoms with Gasteiger partial charge in [0.25, 0.3) is 0 Å². The highest BCUT2D eigenvalue weighted by Gasteiger charge is 2.16. The smallest absolute Gasteiger partial charge is 0.231 e. The Bertz CT molecular complexity index is 771. The summed E-state index contributed by atoms with van der Waals surface area (Å²) < 4.78 is 10.8. The van der Waals surface area contributed by atoms with Crippen LogP contribution in [0, 0.1) is 0 Å².